The molecule has 0 aliphatic carbocycles. The largest absolute Gasteiger partial charge is 0.467 e. The van der Waals surface area contributed by atoms with Crippen LogP contribution in [0.15, 0.2) is 10.7 Å². The summed E-state index contributed by atoms with van der Waals surface area (Å²) in [7, 11) is 1.17. The van der Waals surface area contributed by atoms with Crippen LogP contribution < -0.4 is 0 Å². The summed E-state index contributed by atoms with van der Waals surface area (Å²) in [6.45, 7) is 3.09. The fraction of sp³-hybridized carbons (Fsp3) is 0.500. The maximum atomic E-state index is 12.0. The number of aromatic nitrogens is 1. The zero-order valence-corrected chi connectivity index (χ0v) is 12.9. The number of carbonyl (C=O) groups is 2. The van der Waals surface area contributed by atoms with Gasteiger partial charge in [-0.05, 0) is 35.8 Å². The summed E-state index contributed by atoms with van der Waals surface area (Å²) in [5.41, 5.74) is -1.74. The highest BCUT2D eigenvalue weighted by Gasteiger charge is 2.59. The van der Waals surface area contributed by atoms with Crippen molar-refractivity contribution in [1.29, 1.82) is 0 Å². The lowest BCUT2D eigenvalue weighted by atomic mass is 9.81. The molecule has 1 aromatic rings. The van der Waals surface area contributed by atoms with Gasteiger partial charge in [0, 0.05) is 6.04 Å². The molecule has 19 heavy (non-hydrogen) atoms. The number of nitrogens with zero attached hydrogens (tertiary/aromatic N) is 1. The summed E-state index contributed by atoms with van der Waals surface area (Å²) in [4.78, 5) is 23.8. The quantitative estimate of drug-likeness (QED) is 0.829. The van der Waals surface area contributed by atoms with Gasteiger partial charge < -0.3 is 14.4 Å². The second kappa shape index (κ2) is 4.61. The van der Waals surface area contributed by atoms with Gasteiger partial charge in [0.2, 0.25) is 5.60 Å². The standard InChI is InChI=1S/C12H13BrClNO4/c1-5-9(6(2)16)12(18,11(17)19-3)8-4-7(14)10(13)15(5)8/h4-5,9,18H,1-3H3. The monoisotopic (exact) mass is 349 g/mol. The Bertz CT molecular complexity index is 570. The molecule has 7 heteroatoms. The zero-order valence-electron chi connectivity index (χ0n) is 10.6. The number of carbonyl (C=O) groups excluding carboxylic acids is 2. The first-order valence-corrected chi connectivity index (χ1v) is 6.81. The number of hydrogen-bond donors (Lipinski definition) is 1. The minimum Gasteiger partial charge on any atom is -0.467 e. The number of ketones is 1. The Hall–Kier alpha value is -0.850. The molecule has 5 nitrogen and oxygen atoms in total. The molecule has 1 aliphatic heterocycles. The van der Waals surface area contributed by atoms with Crippen LogP contribution in [0.3, 0.4) is 0 Å². The SMILES string of the molecule is COC(=O)C1(O)c2cc(Cl)c(Br)n2C(C)C1C(C)=O. The summed E-state index contributed by atoms with van der Waals surface area (Å²) in [5.74, 6) is -2.05. The molecule has 0 radical (unpaired) electrons. The molecule has 1 aromatic heterocycles. The van der Waals surface area contributed by atoms with Crippen molar-refractivity contribution in [3.8, 4) is 0 Å². The van der Waals surface area contributed by atoms with Gasteiger partial charge in [0.05, 0.1) is 23.7 Å². The van der Waals surface area contributed by atoms with Crippen LogP contribution in [0.4, 0.5) is 0 Å². The summed E-state index contributed by atoms with van der Waals surface area (Å²) in [6.07, 6.45) is 0. The van der Waals surface area contributed by atoms with Crippen molar-refractivity contribution in [3.05, 3.63) is 21.4 Å². The van der Waals surface area contributed by atoms with Gasteiger partial charge in [-0.25, -0.2) is 4.79 Å². The third kappa shape index (κ3) is 1.77. The zero-order chi connectivity index (χ0) is 14.5. The summed E-state index contributed by atoms with van der Waals surface area (Å²) < 4.78 is 6.83. The fourth-order valence-corrected chi connectivity index (χ4v) is 3.66. The van der Waals surface area contributed by atoms with E-state index in [1.165, 1.54) is 20.1 Å². The van der Waals surface area contributed by atoms with Crippen LogP contribution in [-0.4, -0.2) is 28.5 Å². The molecule has 1 aliphatic rings. The Morgan fingerprint density at radius 2 is 2.16 bits per heavy atom. The average Bonchev–Trinajstić information content (AvgIpc) is 2.75. The summed E-state index contributed by atoms with van der Waals surface area (Å²) >= 11 is 9.30. The lowest BCUT2D eigenvalue weighted by Gasteiger charge is -2.26. The van der Waals surface area contributed by atoms with E-state index in [9.17, 15) is 14.7 Å². The summed E-state index contributed by atoms with van der Waals surface area (Å²) in [5, 5.41) is 11.1. The topological polar surface area (TPSA) is 68.5 Å². The maximum Gasteiger partial charge on any atom is 0.345 e. The Balaban J connectivity index is 2.72. The molecule has 0 fully saturated rings. The van der Waals surface area contributed by atoms with Crippen molar-refractivity contribution in [2.24, 2.45) is 5.92 Å². The van der Waals surface area contributed by atoms with Crippen LogP contribution in [0, 0.1) is 5.92 Å². The number of methoxy groups -OCH3 is 1. The third-order valence-corrected chi connectivity index (χ3v) is 4.92. The molecule has 1 N–H and O–H groups in total. The number of aliphatic hydroxyl groups is 1. The number of hydrogen-bond acceptors (Lipinski definition) is 4. The number of fused-ring (bicyclic) bond motifs is 1. The van der Waals surface area contributed by atoms with E-state index in [0.717, 1.165) is 0 Å². The van der Waals surface area contributed by atoms with Gasteiger partial charge in [-0.1, -0.05) is 11.6 Å². The number of halogens is 2. The second-order valence-electron chi connectivity index (χ2n) is 4.63. The highest BCUT2D eigenvalue weighted by Crippen LogP contribution is 2.50. The van der Waals surface area contributed by atoms with Gasteiger partial charge in [0.1, 0.15) is 10.4 Å². The predicted molar refractivity (Wildman–Crippen MR) is 71.9 cm³/mol. The fourth-order valence-electron chi connectivity index (χ4n) is 2.84. The van der Waals surface area contributed by atoms with E-state index < -0.39 is 23.5 Å². The molecule has 0 amide bonds. The Morgan fingerprint density at radius 3 is 2.63 bits per heavy atom. The van der Waals surface area contributed by atoms with Crippen LogP contribution in [0.2, 0.25) is 5.02 Å². The molecular weight excluding hydrogens is 337 g/mol. The third-order valence-electron chi connectivity index (χ3n) is 3.60. The van der Waals surface area contributed by atoms with Gasteiger partial charge >= 0.3 is 5.97 Å². The lowest BCUT2D eigenvalue weighted by molar-refractivity contribution is -0.172. The summed E-state index contributed by atoms with van der Waals surface area (Å²) in [6, 6.07) is 1.07. The highest BCUT2D eigenvalue weighted by molar-refractivity contribution is 9.10. The molecule has 3 atom stereocenters. The van der Waals surface area contributed by atoms with Crippen molar-refractivity contribution in [2.45, 2.75) is 25.5 Å². The highest BCUT2D eigenvalue weighted by atomic mass is 79.9. The number of esters is 1. The van der Waals surface area contributed by atoms with Gasteiger partial charge in [0.25, 0.3) is 0 Å². The number of rotatable bonds is 2. The number of Topliss-reactive ketones (excluding diaryl/α,β-unsaturated/α-hetero) is 1. The van der Waals surface area contributed by atoms with Crippen molar-refractivity contribution in [1.82, 2.24) is 4.57 Å². The maximum absolute atomic E-state index is 12.0. The minimum absolute atomic E-state index is 0.268. The van der Waals surface area contributed by atoms with E-state index in [0.29, 0.717) is 9.63 Å². The van der Waals surface area contributed by atoms with Crippen LogP contribution in [-0.2, 0) is 19.9 Å². The second-order valence-corrected chi connectivity index (χ2v) is 5.78. The van der Waals surface area contributed by atoms with Gasteiger partial charge in [0.15, 0.2) is 0 Å². The van der Waals surface area contributed by atoms with Gasteiger partial charge in [-0.3, -0.25) is 4.79 Å². The van der Waals surface area contributed by atoms with Crippen LogP contribution in [0.5, 0.6) is 0 Å². The smallest absolute Gasteiger partial charge is 0.345 e. The van der Waals surface area contributed by atoms with Crippen LogP contribution >= 0.6 is 27.5 Å². The number of ether oxygens (including phenoxy) is 1. The molecule has 0 bridgehead atoms. The van der Waals surface area contributed by atoms with Crippen molar-refractivity contribution < 1.29 is 19.4 Å². The van der Waals surface area contributed by atoms with Gasteiger partial charge in [-0.2, -0.15) is 0 Å². The Morgan fingerprint density at radius 1 is 1.58 bits per heavy atom. The first kappa shape index (κ1) is 14.6. The van der Waals surface area contributed by atoms with Crippen molar-refractivity contribution >= 4 is 39.3 Å². The van der Waals surface area contributed by atoms with Crippen molar-refractivity contribution in [3.63, 3.8) is 0 Å². The Labute approximate surface area is 123 Å². The molecule has 0 aromatic carbocycles. The van der Waals surface area contributed by atoms with E-state index >= 15 is 0 Å². The minimum atomic E-state index is -2.00. The predicted octanol–water partition coefficient (Wildman–Crippen LogP) is 2.04. The van der Waals surface area contributed by atoms with Crippen LogP contribution in [0.1, 0.15) is 25.6 Å². The first-order chi connectivity index (χ1) is 8.76. The van der Waals surface area contributed by atoms with E-state index in [1.54, 1.807) is 11.5 Å². The normalized spacial score (nSPS) is 29.2. The molecule has 2 rings (SSSR count). The molecule has 3 unspecified atom stereocenters. The molecule has 0 spiro atoms. The molecule has 0 saturated carbocycles. The van der Waals surface area contributed by atoms with E-state index in [-0.39, 0.29) is 11.5 Å². The molecule has 2 heterocycles. The molecule has 0 saturated heterocycles. The molecule has 104 valence electrons. The van der Waals surface area contributed by atoms with Crippen LogP contribution in [0.25, 0.3) is 0 Å². The van der Waals surface area contributed by atoms with E-state index in [4.69, 9.17) is 11.6 Å². The van der Waals surface area contributed by atoms with Crippen molar-refractivity contribution in [2.75, 3.05) is 7.11 Å². The van der Waals surface area contributed by atoms with E-state index in [1.807, 2.05) is 0 Å². The van der Waals surface area contributed by atoms with Gasteiger partial charge in [-0.15, -0.1) is 0 Å². The lowest BCUT2D eigenvalue weighted by Crippen LogP contribution is -2.44. The average molecular weight is 351 g/mol. The van der Waals surface area contributed by atoms with E-state index in [2.05, 4.69) is 20.7 Å². The first-order valence-electron chi connectivity index (χ1n) is 5.64. The molecular formula is C12H13BrClNO4. The Kier molecular flexibility index (Phi) is 3.53.